The van der Waals surface area contributed by atoms with Crippen molar-refractivity contribution in [2.75, 3.05) is 26.3 Å². The second-order valence-electron chi connectivity index (χ2n) is 4.33. The molecule has 0 aromatic heterocycles. The maximum Gasteiger partial charge on any atom is 0.0645 e. The predicted molar refractivity (Wildman–Crippen MR) is 42.3 cm³/mol. The molecular formula is C9H15NO. The van der Waals surface area contributed by atoms with Gasteiger partial charge in [-0.25, -0.2) is 0 Å². The Kier molecular flexibility index (Phi) is 1.16. The van der Waals surface area contributed by atoms with E-state index < -0.39 is 0 Å². The third-order valence-corrected chi connectivity index (χ3v) is 3.79. The molecule has 3 aliphatic rings. The number of likely N-dealkylation sites (tertiary alicyclic amines) is 1. The summed E-state index contributed by atoms with van der Waals surface area (Å²) in [6.07, 6.45) is 0. The summed E-state index contributed by atoms with van der Waals surface area (Å²) in [7, 11) is 0. The summed E-state index contributed by atoms with van der Waals surface area (Å²) < 4.78 is 5.18. The number of rotatable bonds is 1. The van der Waals surface area contributed by atoms with E-state index in [9.17, 15) is 0 Å². The van der Waals surface area contributed by atoms with Crippen LogP contribution in [0.15, 0.2) is 0 Å². The largest absolute Gasteiger partial charge is 0.378 e. The molecule has 2 heteroatoms. The molecule has 3 rings (SSSR count). The van der Waals surface area contributed by atoms with Crippen molar-refractivity contribution in [2.24, 2.45) is 17.8 Å². The van der Waals surface area contributed by atoms with Gasteiger partial charge in [0.2, 0.25) is 0 Å². The molecule has 0 N–H and O–H groups in total. The van der Waals surface area contributed by atoms with Crippen molar-refractivity contribution in [1.82, 2.24) is 4.90 Å². The van der Waals surface area contributed by atoms with Crippen LogP contribution in [0.3, 0.4) is 0 Å². The Morgan fingerprint density at radius 2 is 1.82 bits per heavy atom. The Labute approximate surface area is 67.5 Å². The predicted octanol–water partition coefficient (Wildman–Crippen LogP) is 0.583. The second kappa shape index (κ2) is 1.99. The summed E-state index contributed by atoms with van der Waals surface area (Å²) >= 11 is 0. The summed E-state index contributed by atoms with van der Waals surface area (Å²) in [4.78, 5) is 2.62. The lowest BCUT2D eigenvalue weighted by Gasteiger charge is -2.35. The minimum Gasteiger partial charge on any atom is -0.378 e. The van der Waals surface area contributed by atoms with Gasteiger partial charge in [-0.05, 0) is 17.8 Å². The second-order valence-corrected chi connectivity index (χ2v) is 4.33. The first-order valence-electron chi connectivity index (χ1n) is 4.68. The molecule has 2 heterocycles. The van der Waals surface area contributed by atoms with Crippen LogP contribution >= 0.6 is 0 Å². The molecule has 2 nitrogen and oxygen atoms in total. The maximum atomic E-state index is 5.18. The third kappa shape index (κ3) is 0.798. The molecule has 0 spiro atoms. The van der Waals surface area contributed by atoms with Crippen LogP contribution in [-0.2, 0) is 4.74 Å². The van der Waals surface area contributed by atoms with E-state index in [-0.39, 0.29) is 0 Å². The van der Waals surface area contributed by atoms with Gasteiger partial charge in [-0.3, -0.25) is 4.90 Å². The highest BCUT2D eigenvalue weighted by molar-refractivity contribution is 5.04. The zero-order valence-electron chi connectivity index (χ0n) is 6.99. The van der Waals surface area contributed by atoms with Crippen molar-refractivity contribution in [3.63, 3.8) is 0 Å². The van der Waals surface area contributed by atoms with Gasteiger partial charge >= 0.3 is 0 Å². The van der Waals surface area contributed by atoms with Crippen LogP contribution in [0.5, 0.6) is 0 Å². The van der Waals surface area contributed by atoms with Crippen molar-refractivity contribution >= 4 is 0 Å². The highest BCUT2D eigenvalue weighted by atomic mass is 16.5. The van der Waals surface area contributed by atoms with Gasteiger partial charge in [0.15, 0.2) is 0 Å². The molecular weight excluding hydrogens is 138 g/mol. The fourth-order valence-electron chi connectivity index (χ4n) is 2.59. The lowest BCUT2D eigenvalue weighted by molar-refractivity contribution is -0.0615. The van der Waals surface area contributed by atoms with Crippen LogP contribution < -0.4 is 0 Å². The van der Waals surface area contributed by atoms with E-state index in [0.29, 0.717) is 0 Å². The van der Waals surface area contributed by atoms with Crippen LogP contribution in [0, 0.1) is 17.8 Å². The van der Waals surface area contributed by atoms with Crippen LogP contribution in [0.25, 0.3) is 0 Å². The average molecular weight is 153 g/mol. The fourth-order valence-corrected chi connectivity index (χ4v) is 2.59. The van der Waals surface area contributed by atoms with Gasteiger partial charge in [0, 0.05) is 13.1 Å². The Hall–Kier alpha value is -0.0800. The summed E-state index contributed by atoms with van der Waals surface area (Å²) in [5.74, 6) is 3.14. The number of ether oxygens (including phenoxy) is 1. The molecule has 62 valence electrons. The van der Waals surface area contributed by atoms with Crippen molar-refractivity contribution in [1.29, 1.82) is 0 Å². The van der Waals surface area contributed by atoms with Crippen LogP contribution in [-0.4, -0.2) is 37.2 Å². The standard InChI is InChI=1S/C9H15NO/c1-6-8-2-10(3-9(6)8)7-4-11-5-7/h6-9H,2-5H2,1H3. The van der Waals surface area contributed by atoms with E-state index in [1.54, 1.807) is 0 Å². The molecule has 2 saturated heterocycles. The Morgan fingerprint density at radius 3 is 2.27 bits per heavy atom. The van der Waals surface area contributed by atoms with Crippen molar-refractivity contribution in [3.8, 4) is 0 Å². The minimum absolute atomic E-state index is 0.787. The van der Waals surface area contributed by atoms with E-state index in [0.717, 1.165) is 37.0 Å². The molecule has 1 aliphatic carbocycles. The highest BCUT2D eigenvalue weighted by Crippen LogP contribution is 2.51. The van der Waals surface area contributed by atoms with Gasteiger partial charge in [-0.2, -0.15) is 0 Å². The molecule has 11 heavy (non-hydrogen) atoms. The molecule has 2 atom stereocenters. The molecule has 0 radical (unpaired) electrons. The normalized spacial score (nSPS) is 50.5. The van der Waals surface area contributed by atoms with Crippen LogP contribution in [0.4, 0.5) is 0 Å². The number of piperidine rings is 1. The Balaban J connectivity index is 1.60. The van der Waals surface area contributed by atoms with E-state index >= 15 is 0 Å². The summed E-state index contributed by atoms with van der Waals surface area (Å²) in [6.45, 7) is 7.10. The summed E-state index contributed by atoms with van der Waals surface area (Å²) in [6, 6.07) is 0.787. The highest BCUT2D eigenvalue weighted by Gasteiger charge is 2.54. The monoisotopic (exact) mass is 153 g/mol. The minimum atomic E-state index is 0.787. The number of hydrogen-bond acceptors (Lipinski definition) is 2. The zero-order chi connectivity index (χ0) is 7.42. The molecule has 0 bridgehead atoms. The first-order valence-corrected chi connectivity index (χ1v) is 4.68. The quantitative estimate of drug-likeness (QED) is 0.546. The third-order valence-electron chi connectivity index (χ3n) is 3.79. The van der Waals surface area contributed by atoms with Gasteiger partial charge in [0.25, 0.3) is 0 Å². The average Bonchev–Trinajstić information content (AvgIpc) is 2.42. The van der Waals surface area contributed by atoms with E-state index in [2.05, 4.69) is 11.8 Å². The van der Waals surface area contributed by atoms with Crippen molar-refractivity contribution in [3.05, 3.63) is 0 Å². The molecule has 3 fully saturated rings. The molecule has 0 aromatic carbocycles. The first kappa shape index (κ1) is 6.44. The topological polar surface area (TPSA) is 12.5 Å². The maximum absolute atomic E-state index is 5.18. The van der Waals surface area contributed by atoms with Gasteiger partial charge < -0.3 is 4.74 Å². The fraction of sp³-hybridized carbons (Fsp3) is 1.00. The van der Waals surface area contributed by atoms with E-state index in [1.807, 2.05) is 0 Å². The molecule has 2 aliphatic heterocycles. The summed E-state index contributed by atoms with van der Waals surface area (Å²) in [5, 5.41) is 0. The molecule has 1 saturated carbocycles. The van der Waals surface area contributed by atoms with Gasteiger partial charge in [0.05, 0.1) is 19.3 Å². The van der Waals surface area contributed by atoms with Crippen molar-refractivity contribution < 1.29 is 4.74 Å². The van der Waals surface area contributed by atoms with Crippen LogP contribution in [0.1, 0.15) is 6.92 Å². The number of fused-ring (bicyclic) bond motifs is 1. The van der Waals surface area contributed by atoms with Gasteiger partial charge in [-0.1, -0.05) is 6.92 Å². The first-order chi connectivity index (χ1) is 5.36. The lowest BCUT2D eigenvalue weighted by Crippen LogP contribution is -2.48. The van der Waals surface area contributed by atoms with E-state index in [1.165, 1.54) is 13.1 Å². The van der Waals surface area contributed by atoms with Gasteiger partial charge in [0.1, 0.15) is 0 Å². The smallest absolute Gasteiger partial charge is 0.0645 e. The number of hydrogen-bond donors (Lipinski definition) is 0. The SMILES string of the molecule is CC1C2CN(C3COC3)CC12. The van der Waals surface area contributed by atoms with Crippen LogP contribution in [0.2, 0.25) is 0 Å². The zero-order valence-corrected chi connectivity index (χ0v) is 6.99. The molecule has 0 aromatic rings. The number of nitrogens with zero attached hydrogens (tertiary/aromatic N) is 1. The Bertz CT molecular complexity index is 166. The lowest BCUT2D eigenvalue weighted by atomic mass is 10.2. The van der Waals surface area contributed by atoms with E-state index in [4.69, 9.17) is 4.74 Å². The Morgan fingerprint density at radius 1 is 1.18 bits per heavy atom. The van der Waals surface area contributed by atoms with Crippen molar-refractivity contribution in [2.45, 2.75) is 13.0 Å². The molecule has 2 unspecified atom stereocenters. The van der Waals surface area contributed by atoms with Gasteiger partial charge in [-0.15, -0.1) is 0 Å². The molecule has 0 amide bonds. The summed E-state index contributed by atoms with van der Waals surface area (Å²) in [5.41, 5.74) is 0.